The molecule has 0 radical (unpaired) electrons. The smallest absolute Gasteiger partial charge is 0.347 e. The van der Waals surface area contributed by atoms with Crippen LogP contribution in [-0.4, -0.2) is 38.0 Å². The van der Waals surface area contributed by atoms with Crippen molar-refractivity contribution in [1.82, 2.24) is 10.0 Å². The molecule has 0 aliphatic heterocycles. The van der Waals surface area contributed by atoms with Gasteiger partial charge in [0.25, 0.3) is 0 Å². The van der Waals surface area contributed by atoms with Gasteiger partial charge in [0, 0.05) is 19.0 Å². The van der Waals surface area contributed by atoms with E-state index in [2.05, 4.69) is 10.0 Å². The van der Waals surface area contributed by atoms with Crippen molar-refractivity contribution in [3.8, 4) is 0 Å². The number of nitrogens with one attached hydrogen (secondary N) is 2. The number of aromatic carboxylic acids is 1. The number of carboxylic acid groups (broad SMARTS) is 1. The summed E-state index contributed by atoms with van der Waals surface area (Å²) >= 11 is 0.843. The zero-order valence-corrected chi connectivity index (χ0v) is 12.1. The van der Waals surface area contributed by atoms with Crippen molar-refractivity contribution in [1.29, 1.82) is 0 Å². The Balaban J connectivity index is 1.91. The summed E-state index contributed by atoms with van der Waals surface area (Å²) in [5.41, 5.74) is 0. The van der Waals surface area contributed by atoms with Crippen molar-refractivity contribution in [2.24, 2.45) is 0 Å². The molecule has 9 heteroatoms. The predicted molar refractivity (Wildman–Crippen MR) is 72.2 cm³/mol. The minimum absolute atomic E-state index is 0.0300. The van der Waals surface area contributed by atoms with Gasteiger partial charge in [-0.2, -0.15) is 0 Å². The zero-order chi connectivity index (χ0) is 14.8. The molecule has 0 saturated heterocycles. The molecule has 1 aromatic rings. The number of hydrogen-bond donors (Lipinski definition) is 3. The van der Waals surface area contributed by atoms with Crippen LogP contribution in [0.2, 0.25) is 0 Å². The minimum atomic E-state index is -3.90. The van der Waals surface area contributed by atoms with Crippen LogP contribution in [-0.2, 0) is 14.8 Å². The van der Waals surface area contributed by atoms with Crippen LogP contribution in [0.25, 0.3) is 0 Å². The van der Waals surface area contributed by atoms with E-state index < -0.39 is 16.0 Å². The lowest BCUT2D eigenvalue weighted by molar-refractivity contribution is -0.121. The van der Waals surface area contributed by atoms with Crippen LogP contribution in [0.15, 0.2) is 16.3 Å². The van der Waals surface area contributed by atoms with Gasteiger partial charge < -0.3 is 10.4 Å². The fourth-order valence-corrected chi connectivity index (χ4v) is 3.86. The van der Waals surface area contributed by atoms with Gasteiger partial charge in [-0.05, 0) is 24.3 Å². The Kier molecular flexibility index (Phi) is 4.41. The molecule has 3 N–H and O–H groups in total. The maximum Gasteiger partial charge on any atom is 0.347 e. The first-order valence-corrected chi connectivity index (χ1v) is 8.36. The standard InChI is InChI=1S/C11H14N2O5S2/c14-9(13-7-1-2-7)3-5-12-20(17,18)8-4-6-19-10(8)11(15)16/h4,6-7,12H,1-3,5H2,(H,13,14)(H,15,16). The van der Waals surface area contributed by atoms with Gasteiger partial charge in [-0.1, -0.05) is 0 Å². The zero-order valence-electron chi connectivity index (χ0n) is 10.5. The first-order chi connectivity index (χ1) is 9.40. The van der Waals surface area contributed by atoms with Crippen LogP contribution >= 0.6 is 11.3 Å². The summed E-state index contributed by atoms with van der Waals surface area (Å²) in [4.78, 5) is 21.8. The first kappa shape index (κ1) is 14.9. The number of thiophene rings is 1. The molecule has 1 amide bonds. The van der Waals surface area contributed by atoms with Gasteiger partial charge >= 0.3 is 5.97 Å². The third-order valence-electron chi connectivity index (χ3n) is 2.70. The lowest BCUT2D eigenvalue weighted by Crippen LogP contribution is -2.32. The Hall–Kier alpha value is -1.45. The maximum atomic E-state index is 11.9. The van der Waals surface area contributed by atoms with Crippen LogP contribution < -0.4 is 10.0 Å². The van der Waals surface area contributed by atoms with E-state index in [0.717, 1.165) is 24.2 Å². The fourth-order valence-electron chi connectivity index (χ4n) is 1.57. The number of hydrogen-bond acceptors (Lipinski definition) is 5. The second kappa shape index (κ2) is 5.90. The predicted octanol–water partition coefficient (Wildman–Crippen LogP) is 0.393. The summed E-state index contributed by atoms with van der Waals surface area (Å²) < 4.78 is 26.1. The van der Waals surface area contributed by atoms with Crippen LogP contribution in [0.1, 0.15) is 28.9 Å². The average Bonchev–Trinajstić information content (AvgIpc) is 3.01. The van der Waals surface area contributed by atoms with Gasteiger partial charge in [0.2, 0.25) is 15.9 Å². The highest BCUT2D eigenvalue weighted by Gasteiger charge is 2.25. The summed E-state index contributed by atoms with van der Waals surface area (Å²) in [5, 5.41) is 13.0. The normalized spacial score (nSPS) is 15.0. The number of sulfonamides is 1. The summed E-state index contributed by atoms with van der Waals surface area (Å²) in [6.45, 7) is -0.0597. The maximum absolute atomic E-state index is 11.9. The van der Waals surface area contributed by atoms with E-state index in [9.17, 15) is 18.0 Å². The molecular weight excluding hydrogens is 304 g/mol. The molecular formula is C11H14N2O5S2. The van der Waals surface area contributed by atoms with Gasteiger partial charge in [-0.15, -0.1) is 11.3 Å². The van der Waals surface area contributed by atoms with Gasteiger partial charge in [0.05, 0.1) is 0 Å². The third kappa shape index (κ3) is 3.78. The SMILES string of the molecule is O=C(CCNS(=O)(=O)c1ccsc1C(=O)O)NC1CC1. The Morgan fingerprint density at radius 3 is 2.70 bits per heavy atom. The summed E-state index contributed by atoms with van der Waals surface area (Å²) in [5.74, 6) is -1.49. The molecule has 1 fully saturated rings. The molecule has 0 unspecified atom stereocenters. The molecule has 0 aromatic carbocycles. The van der Waals surface area contributed by atoms with Crippen molar-refractivity contribution < 1.29 is 23.1 Å². The molecule has 1 aliphatic carbocycles. The quantitative estimate of drug-likeness (QED) is 0.673. The molecule has 1 saturated carbocycles. The van der Waals surface area contributed by atoms with Crippen LogP contribution in [0.3, 0.4) is 0 Å². The summed E-state index contributed by atoms with van der Waals surface area (Å²) in [7, 11) is -3.90. The number of carbonyl (C=O) groups excluding carboxylic acids is 1. The molecule has 1 aliphatic rings. The minimum Gasteiger partial charge on any atom is -0.477 e. The van der Waals surface area contributed by atoms with Gasteiger partial charge in [0.1, 0.15) is 9.77 Å². The molecule has 20 heavy (non-hydrogen) atoms. The second-order valence-corrected chi connectivity index (χ2v) is 7.06. The highest BCUT2D eigenvalue weighted by Crippen LogP contribution is 2.21. The monoisotopic (exact) mass is 318 g/mol. The van der Waals surface area contributed by atoms with Gasteiger partial charge in [-0.3, -0.25) is 4.79 Å². The van der Waals surface area contributed by atoms with E-state index in [1.807, 2.05) is 0 Å². The van der Waals surface area contributed by atoms with Crippen molar-refractivity contribution in [2.45, 2.75) is 30.2 Å². The van der Waals surface area contributed by atoms with E-state index in [0.29, 0.717) is 0 Å². The number of carbonyl (C=O) groups is 2. The van der Waals surface area contributed by atoms with Crippen LogP contribution in [0.5, 0.6) is 0 Å². The molecule has 0 bridgehead atoms. The Bertz CT molecular complexity index is 619. The highest BCUT2D eigenvalue weighted by atomic mass is 32.2. The van der Waals surface area contributed by atoms with Crippen molar-refractivity contribution in [3.05, 3.63) is 16.3 Å². The molecule has 2 rings (SSSR count). The lowest BCUT2D eigenvalue weighted by Gasteiger charge is -2.06. The van der Waals surface area contributed by atoms with Crippen molar-refractivity contribution >= 4 is 33.2 Å². The summed E-state index contributed by atoms with van der Waals surface area (Å²) in [6.07, 6.45) is 1.96. The number of rotatable bonds is 7. The van der Waals surface area contributed by atoms with E-state index in [4.69, 9.17) is 5.11 Å². The summed E-state index contributed by atoms with van der Waals surface area (Å²) in [6, 6.07) is 1.47. The van der Waals surface area contributed by atoms with E-state index in [-0.39, 0.29) is 34.7 Å². The Morgan fingerprint density at radius 2 is 2.10 bits per heavy atom. The Morgan fingerprint density at radius 1 is 1.40 bits per heavy atom. The fraction of sp³-hybridized carbons (Fsp3) is 0.455. The first-order valence-electron chi connectivity index (χ1n) is 6.00. The van der Waals surface area contributed by atoms with E-state index >= 15 is 0 Å². The van der Waals surface area contributed by atoms with Gasteiger partial charge in [0.15, 0.2) is 0 Å². The molecule has 110 valence electrons. The van der Waals surface area contributed by atoms with E-state index in [1.165, 1.54) is 11.4 Å². The topological polar surface area (TPSA) is 113 Å². The second-order valence-electron chi connectivity index (χ2n) is 4.41. The van der Waals surface area contributed by atoms with Gasteiger partial charge in [-0.25, -0.2) is 17.9 Å². The largest absolute Gasteiger partial charge is 0.477 e. The van der Waals surface area contributed by atoms with Crippen LogP contribution in [0.4, 0.5) is 0 Å². The lowest BCUT2D eigenvalue weighted by atomic mass is 10.4. The molecule has 0 spiro atoms. The van der Waals surface area contributed by atoms with Crippen molar-refractivity contribution in [2.75, 3.05) is 6.54 Å². The molecule has 1 aromatic heterocycles. The van der Waals surface area contributed by atoms with Crippen LogP contribution in [0, 0.1) is 0 Å². The number of amides is 1. The van der Waals surface area contributed by atoms with Crippen molar-refractivity contribution in [3.63, 3.8) is 0 Å². The Labute approximate surface area is 120 Å². The number of carboxylic acids is 1. The molecule has 1 heterocycles. The molecule has 7 nitrogen and oxygen atoms in total. The molecule has 0 atom stereocenters. The van der Waals surface area contributed by atoms with E-state index in [1.54, 1.807) is 0 Å². The third-order valence-corrected chi connectivity index (χ3v) is 5.23. The highest BCUT2D eigenvalue weighted by molar-refractivity contribution is 7.89. The average molecular weight is 318 g/mol.